The number of hydrogen-bond acceptors (Lipinski definition) is 6. The summed E-state index contributed by atoms with van der Waals surface area (Å²) < 4.78 is 0. The fourth-order valence-corrected chi connectivity index (χ4v) is 4.28. The van der Waals surface area contributed by atoms with Crippen molar-refractivity contribution >= 4 is 23.8 Å². The molecule has 6 heteroatoms. The van der Waals surface area contributed by atoms with Crippen LogP contribution in [0.1, 0.15) is 33.6 Å². The summed E-state index contributed by atoms with van der Waals surface area (Å²) in [7, 11) is 0. The van der Waals surface area contributed by atoms with E-state index in [1.165, 1.54) is 0 Å². The Kier molecular flexibility index (Phi) is 7.22. The number of benzene rings is 1. The van der Waals surface area contributed by atoms with Gasteiger partial charge in [-0.25, -0.2) is 9.97 Å². The Morgan fingerprint density at radius 2 is 0.868 bits per heavy atom. The first-order chi connectivity index (χ1) is 18.5. The van der Waals surface area contributed by atoms with E-state index in [1.807, 2.05) is 85.2 Å². The van der Waals surface area contributed by atoms with Gasteiger partial charge in [0.2, 0.25) is 0 Å². The van der Waals surface area contributed by atoms with Gasteiger partial charge in [0.15, 0.2) is 0 Å². The zero-order chi connectivity index (χ0) is 26.5. The van der Waals surface area contributed by atoms with E-state index in [1.54, 1.807) is 12.4 Å². The number of hydrogen-bond donors (Lipinski definition) is 0. The molecule has 186 valence electrons. The van der Waals surface area contributed by atoms with E-state index >= 15 is 0 Å². The van der Waals surface area contributed by atoms with Crippen molar-refractivity contribution in [3.8, 4) is 22.8 Å². The molecule has 38 heavy (non-hydrogen) atoms. The summed E-state index contributed by atoms with van der Waals surface area (Å²) in [5, 5.41) is 0. The highest BCUT2D eigenvalue weighted by molar-refractivity contribution is 5.85. The maximum Gasteiger partial charge on any atom is 0.0894 e. The second kappa shape index (κ2) is 11.0. The first kappa shape index (κ1) is 24.8. The fourth-order valence-electron chi connectivity index (χ4n) is 4.28. The van der Waals surface area contributed by atoms with Crippen molar-refractivity contribution in [1.29, 1.82) is 0 Å². The normalized spacial score (nSPS) is 11.5. The molecule has 0 unspecified atom stereocenters. The van der Waals surface area contributed by atoms with Gasteiger partial charge in [0.05, 0.1) is 58.0 Å². The van der Waals surface area contributed by atoms with Gasteiger partial charge in [-0.15, -0.1) is 0 Å². The van der Waals surface area contributed by atoms with Crippen LogP contribution in [0.5, 0.6) is 0 Å². The van der Waals surface area contributed by atoms with Crippen molar-refractivity contribution < 1.29 is 0 Å². The van der Waals surface area contributed by atoms with Crippen molar-refractivity contribution in [1.82, 2.24) is 19.9 Å². The minimum Gasteiger partial charge on any atom is -0.255 e. The molecule has 0 bridgehead atoms. The van der Waals surface area contributed by atoms with Crippen LogP contribution in [0.2, 0.25) is 0 Å². The molecule has 6 nitrogen and oxygen atoms in total. The monoisotopic (exact) mass is 496 g/mol. The summed E-state index contributed by atoms with van der Waals surface area (Å²) in [5.74, 6) is 0. The van der Waals surface area contributed by atoms with Crippen molar-refractivity contribution in [3.05, 3.63) is 119 Å². The van der Waals surface area contributed by atoms with E-state index in [2.05, 4.69) is 37.7 Å². The molecule has 0 aliphatic carbocycles. The summed E-state index contributed by atoms with van der Waals surface area (Å²) >= 11 is 0. The minimum atomic E-state index is 0.781. The molecule has 0 aliphatic rings. The molecule has 0 spiro atoms. The molecule has 5 aromatic rings. The van der Waals surface area contributed by atoms with Gasteiger partial charge in [0, 0.05) is 12.4 Å². The van der Waals surface area contributed by atoms with E-state index in [9.17, 15) is 0 Å². The van der Waals surface area contributed by atoms with Gasteiger partial charge in [-0.3, -0.25) is 20.0 Å². The van der Waals surface area contributed by atoms with Crippen molar-refractivity contribution in [3.63, 3.8) is 0 Å². The Morgan fingerprint density at radius 1 is 0.474 bits per heavy atom. The number of rotatable bonds is 6. The minimum absolute atomic E-state index is 0.781. The zero-order valence-electron chi connectivity index (χ0n) is 21.9. The number of nitrogens with zero attached hydrogens (tertiary/aromatic N) is 6. The van der Waals surface area contributed by atoms with Crippen LogP contribution >= 0.6 is 0 Å². The topological polar surface area (TPSA) is 76.3 Å². The summed E-state index contributed by atoms with van der Waals surface area (Å²) in [5.41, 5.74) is 11.1. The van der Waals surface area contributed by atoms with Crippen LogP contribution in [-0.4, -0.2) is 32.4 Å². The standard InChI is InChI=1S/C32H28N6/c1-21-22(2)32(36-20-26-12-10-16-30(38-26)28-14-6-8-18-34-28)24(4)23(3)31(21)35-19-25-11-9-15-29(37-25)27-13-5-7-17-33-27/h5-20H,1-4H3/b35-19+,36-20+. The van der Waals surface area contributed by atoms with Crippen molar-refractivity contribution in [2.24, 2.45) is 9.98 Å². The van der Waals surface area contributed by atoms with E-state index in [0.717, 1.165) is 67.8 Å². The van der Waals surface area contributed by atoms with E-state index in [0.29, 0.717) is 0 Å². The molecule has 0 amide bonds. The second-order valence-electron chi connectivity index (χ2n) is 9.04. The van der Waals surface area contributed by atoms with E-state index < -0.39 is 0 Å². The predicted octanol–water partition coefficient (Wildman–Crippen LogP) is 7.34. The Hall–Kier alpha value is -4.84. The summed E-state index contributed by atoms with van der Waals surface area (Å²) in [6.45, 7) is 8.35. The number of aliphatic imine (C=N–C) groups is 2. The predicted molar refractivity (Wildman–Crippen MR) is 155 cm³/mol. The van der Waals surface area contributed by atoms with Gasteiger partial charge in [-0.1, -0.05) is 24.3 Å². The largest absolute Gasteiger partial charge is 0.255 e. The van der Waals surface area contributed by atoms with Gasteiger partial charge in [0.25, 0.3) is 0 Å². The lowest BCUT2D eigenvalue weighted by molar-refractivity contribution is 1.20. The average Bonchev–Trinajstić information content (AvgIpc) is 2.97. The molecular weight excluding hydrogens is 468 g/mol. The number of pyridine rings is 4. The van der Waals surface area contributed by atoms with Crippen LogP contribution in [0, 0.1) is 27.7 Å². The van der Waals surface area contributed by atoms with Crippen LogP contribution in [0.4, 0.5) is 11.4 Å². The Balaban J connectivity index is 1.43. The van der Waals surface area contributed by atoms with Crippen molar-refractivity contribution in [2.45, 2.75) is 27.7 Å². The van der Waals surface area contributed by atoms with Gasteiger partial charge in [0.1, 0.15) is 0 Å². The molecule has 0 saturated heterocycles. The van der Waals surface area contributed by atoms with Crippen LogP contribution in [-0.2, 0) is 0 Å². The molecule has 0 fully saturated rings. The van der Waals surface area contributed by atoms with E-state index in [4.69, 9.17) is 20.0 Å². The van der Waals surface area contributed by atoms with Gasteiger partial charge in [-0.2, -0.15) is 0 Å². The Labute approximate surface area is 223 Å². The molecule has 0 N–H and O–H groups in total. The van der Waals surface area contributed by atoms with Crippen molar-refractivity contribution in [2.75, 3.05) is 0 Å². The quantitative estimate of drug-likeness (QED) is 0.231. The second-order valence-corrected chi connectivity index (χ2v) is 9.04. The highest BCUT2D eigenvalue weighted by Gasteiger charge is 2.14. The Morgan fingerprint density at radius 3 is 1.24 bits per heavy atom. The first-order valence-corrected chi connectivity index (χ1v) is 12.5. The van der Waals surface area contributed by atoms with Crippen LogP contribution in [0.3, 0.4) is 0 Å². The Bertz CT molecular complexity index is 1490. The molecule has 4 aromatic heterocycles. The highest BCUT2D eigenvalue weighted by Crippen LogP contribution is 2.37. The lowest BCUT2D eigenvalue weighted by atomic mass is 9.96. The van der Waals surface area contributed by atoms with E-state index in [-0.39, 0.29) is 0 Å². The lowest BCUT2D eigenvalue weighted by Crippen LogP contribution is -1.96. The zero-order valence-corrected chi connectivity index (χ0v) is 21.9. The smallest absolute Gasteiger partial charge is 0.0894 e. The average molecular weight is 497 g/mol. The third-order valence-corrected chi connectivity index (χ3v) is 6.59. The first-order valence-electron chi connectivity index (χ1n) is 12.5. The van der Waals surface area contributed by atoms with Crippen LogP contribution in [0.15, 0.2) is 95.2 Å². The third kappa shape index (κ3) is 5.30. The van der Waals surface area contributed by atoms with Crippen LogP contribution < -0.4 is 0 Å². The summed E-state index contributed by atoms with van der Waals surface area (Å²) in [6, 6.07) is 23.4. The highest BCUT2D eigenvalue weighted by atomic mass is 14.8. The molecule has 0 radical (unpaired) electrons. The molecule has 0 saturated carbocycles. The molecule has 1 aromatic carbocycles. The van der Waals surface area contributed by atoms with Crippen LogP contribution in [0.25, 0.3) is 22.8 Å². The fraction of sp³-hybridized carbons (Fsp3) is 0.125. The maximum absolute atomic E-state index is 4.86. The van der Waals surface area contributed by atoms with Gasteiger partial charge in [-0.05, 0) is 98.5 Å². The maximum atomic E-state index is 4.86. The van der Waals surface area contributed by atoms with Gasteiger partial charge >= 0.3 is 0 Å². The SMILES string of the molecule is Cc1c(C)c(/N=C/c2cccc(-c3ccccn3)n2)c(C)c(C)c1/N=C/c1cccc(-c2ccccn2)n1. The summed E-state index contributed by atoms with van der Waals surface area (Å²) in [4.78, 5) is 28.0. The summed E-state index contributed by atoms with van der Waals surface area (Å²) in [6.07, 6.45) is 7.17. The number of aromatic nitrogens is 4. The molecular formula is C32H28N6. The van der Waals surface area contributed by atoms with Gasteiger partial charge < -0.3 is 0 Å². The molecule has 5 rings (SSSR count). The molecule has 4 heterocycles. The molecule has 0 aliphatic heterocycles. The molecule has 0 atom stereocenters. The lowest BCUT2D eigenvalue weighted by Gasteiger charge is -2.15. The third-order valence-electron chi connectivity index (χ3n) is 6.59.